The Kier molecular flexibility index (Phi) is 4.98. The molecule has 1 heterocycles. The van der Waals surface area contributed by atoms with Crippen LogP contribution in [-0.2, 0) is 14.6 Å². The minimum absolute atomic E-state index is 0.00184. The number of aromatic nitrogens is 2. The molecular weight excluding hydrogens is 342 g/mol. The minimum atomic E-state index is -3.45. The summed E-state index contributed by atoms with van der Waals surface area (Å²) in [6, 6.07) is 9.58. The molecule has 3 rings (SSSR count). The highest BCUT2D eigenvalue weighted by Crippen LogP contribution is 2.35. The van der Waals surface area contributed by atoms with Crippen molar-refractivity contribution in [2.24, 2.45) is 0 Å². The summed E-state index contributed by atoms with van der Waals surface area (Å²) in [5.74, 6) is -0.336. The van der Waals surface area contributed by atoms with Crippen molar-refractivity contribution in [2.75, 3.05) is 5.75 Å². The molecular formula is C17H19N3O4S. The number of carbonyl (C=O) groups is 1. The molecule has 0 saturated heterocycles. The van der Waals surface area contributed by atoms with Gasteiger partial charge >= 0.3 is 0 Å². The molecule has 0 unspecified atom stereocenters. The number of hydrogen-bond acceptors (Lipinski definition) is 5. The lowest BCUT2D eigenvalue weighted by Crippen LogP contribution is -2.44. The van der Waals surface area contributed by atoms with Gasteiger partial charge in [0.15, 0.2) is 9.84 Å². The van der Waals surface area contributed by atoms with Crippen LogP contribution in [0.4, 0.5) is 0 Å². The predicted molar refractivity (Wildman–Crippen MR) is 91.9 cm³/mol. The Bertz CT molecular complexity index is 903. The first-order chi connectivity index (χ1) is 11.9. The van der Waals surface area contributed by atoms with Crippen molar-refractivity contribution in [2.45, 2.75) is 36.1 Å². The molecule has 0 spiro atoms. The van der Waals surface area contributed by atoms with Gasteiger partial charge in [-0.05, 0) is 25.0 Å². The van der Waals surface area contributed by atoms with Crippen LogP contribution in [0.5, 0.6) is 0 Å². The van der Waals surface area contributed by atoms with Gasteiger partial charge in [0.1, 0.15) is 0 Å². The Balaban J connectivity index is 1.46. The second-order valence-electron chi connectivity index (χ2n) is 6.15. The maximum atomic E-state index is 12.2. The fourth-order valence-electron chi connectivity index (χ4n) is 2.86. The first kappa shape index (κ1) is 17.3. The van der Waals surface area contributed by atoms with Crippen molar-refractivity contribution in [1.82, 2.24) is 15.3 Å². The van der Waals surface area contributed by atoms with Gasteiger partial charge in [0, 0.05) is 24.4 Å². The number of benzene rings is 1. The molecule has 0 bridgehead atoms. The molecule has 1 amide bonds. The maximum Gasteiger partial charge on any atom is 0.250 e. The monoisotopic (exact) mass is 361 g/mol. The third kappa shape index (κ3) is 4.33. The van der Waals surface area contributed by atoms with Gasteiger partial charge in [-0.2, -0.15) is 0 Å². The molecule has 1 aliphatic carbocycles. The van der Waals surface area contributed by atoms with Gasteiger partial charge in [0.05, 0.1) is 22.7 Å². The van der Waals surface area contributed by atoms with Gasteiger partial charge in [0.2, 0.25) is 5.91 Å². The van der Waals surface area contributed by atoms with Gasteiger partial charge in [-0.1, -0.05) is 18.2 Å². The summed E-state index contributed by atoms with van der Waals surface area (Å²) in [6.45, 7) is 0. The highest BCUT2D eigenvalue weighted by Gasteiger charge is 2.32. The fourth-order valence-corrected chi connectivity index (χ4v) is 4.12. The van der Waals surface area contributed by atoms with E-state index in [0.717, 1.165) is 5.69 Å². The molecule has 1 saturated carbocycles. The van der Waals surface area contributed by atoms with Gasteiger partial charge in [-0.15, -0.1) is 0 Å². The van der Waals surface area contributed by atoms with Crippen LogP contribution in [0.1, 0.15) is 30.9 Å². The Morgan fingerprint density at radius 1 is 1.24 bits per heavy atom. The predicted octanol–water partition coefficient (Wildman–Crippen LogP) is 0.996. The molecule has 1 aromatic heterocycles. The largest absolute Gasteiger partial charge is 0.353 e. The third-order valence-electron chi connectivity index (χ3n) is 4.32. The maximum absolute atomic E-state index is 12.2. The lowest BCUT2D eigenvalue weighted by molar-refractivity contribution is -0.122. The van der Waals surface area contributed by atoms with E-state index in [4.69, 9.17) is 0 Å². The first-order valence-electron chi connectivity index (χ1n) is 8.06. The van der Waals surface area contributed by atoms with Crippen LogP contribution in [-0.4, -0.2) is 36.1 Å². The summed E-state index contributed by atoms with van der Waals surface area (Å²) in [6.07, 6.45) is 2.71. The highest BCUT2D eigenvalue weighted by atomic mass is 32.2. The number of carbonyl (C=O) groups excluding carboxylic acids is 1. The molecule has 1 aromatic carbocycles. The van der Waals surface area contributed by atoms with Crippen LogP contribution in [0, 0.1) is 0 Å². The second kappa shape index (κ2) is 7.18. The molecule has 2 aromatic rings. The number of rotatable bonds is 6. The van der Waals surface area contributed by atoms with Gasteiger partial charge in [-0.3, -0.25) is 9.59 Å². The Morgan fingerprint density at radius 2 is 1.96 bits per heavy atom. The molecule has 8 heteroatoms. The third-order valence-corrected chi connectivity index (χ3v) is 6.05. The Morgan fingerprint density at radius 3 is 2.64 bits per heavy atom. The van der Waals surface area contributed by atoms with Gasteiger partial charge in [-0.25, -0.2) is 13.4 Å². The quantitative estimate of drug-likeness (QED) is 0.798. The molecule has 132 valence electrons. The molecule has 7 nitrogen and oxygen atoms in total. The zero-order chi connectivity index (χ0) is 17.9. The lowest BCUT2D eigenvalue weighted by atomic mass is 9.78. The zero-order valence-corrected chi connectivity index (χ0v) is 14.3. The summed E-state index contributed by atoms with van der Waals surface area (Å²) >= 11 is 0. The standard InChI is InChI=1S/C17H19N3O4S/c21-16(6-7-25(23,24)14-4-2-1-3-5-14)20-13-8-12(9-13)15-10-17(22)19-11-18-15/h1-5,10-13H,6-9H2,(H,20,21)(H,18,19,22). The van der Waals surface area contributed by atoms with E-state index in [9.17, 15) is 18.0 Å². The van der Waals surface area contributed by atoms with Crippen molar-refractivity contribution in [3.05, 3.63) is 58.8 Å². The Hall–Kier alpha value is -2.48. The molecule has 1 fully saturated rings. The van der Waals surface area contributed by atoms with E-state index in [1.165, 1.54) is 24.5 Å². The van der Waals surface area contributed by atoms with Gasteiger partial charge in [0.25, 0.3) is 5.56 Å². The fraction of sp³-hybridized carbons (Fsp3) is 0.353. The number of amides is 1. The summed E-state index contributed by atoms with van der Waals surface area (Å²) < 4.78 is 24.3. The van der Waals surface area contributed by atoms with Crippen molar-refractivity contribution < 1.29 is 13.2 Å². The SMILES string of the molecule is O=C(CCS(=O)(=O)c1ccccc1)NC1CC(c2cc(=O)[nH]cn2)C1. The summed E-state index contributed by atoms with van der Waals surface area (Å²) in [7, 11) is -3.45. The summed E-state index contributed by atoms with van der Waals surface area (Å²) in [4.78, 5) is 30.1. The average Bonchev–Trinajstić information content (AvgIpc) is 2.57. The van der Waals surface area contributed by atoms with E-state index in [-0.39, 0.29) is 40.5 Å². The van der Waals surface area contributed by atoms with Crippen LogP contribution in [0.15, 0.2) is 52.4 Å². The van der Waals surface area contributed by atoms with Crippen LogP contribution in [0.3, 0.4) is 0 Å². The second-order valence-corrected chi connectivity index (χ2v) is 8.26. The number of sulfone groups is 1. The first-order valence-corrected chi connectivity index (χ1v) is 9.71. The molecule has 2 N–H and O–H groups in total. The van der Waals surface area contributed by atoms with E-state index >= 15 is 0 Å². The molecule has 0 radical (unpaired) electrons. The van der Waals surface area contributed by atoms with E-state index in [2.05, 4.69) is 15.3 Å². The highest BCUT2D eigenvalue weighted by molar-refractivity contribution is 7.91. The van der Waals surface area contributed by atoms with Crippen molar-refractivity contribution >= 4 is 15.7 Å². The number of hydrogen-bond donors (Lipinski definition) is 2. The number of H-pyrrole nitrogens is 1. The minimum Gasteiger partial charge on any atom is -0.353 e. The van der Waals surface area contributed by atoms with Crippen molar-refractivity contribution in [3.63, 3.8) is 0 Å². The normalized spacial score (nSPS) is 19.8. The molecule has 0 aliphatic heterocycles. The average molecular weight is 361 g/mol. The Labute approximate surface area is 145 Å². The van der Waals surface area contributed by atoms with Crippen molar-refractivity contribution in [3.8, 4) is 0 Å². The van der Waals surface area contributed by atoms with E-state index in [1.807, 2.05) is 0 Å². The molecule has 25 heavy (non-hydrogen) atoms. The molecule has 1 aliphatic rings. The lowest BCUT2D eigenvalue weighted by Gasteiger charge is -2.35. The van der Waals surface area contributed by atoms with Crippen molar-refractivity contribution in [1.29, 1.82) is 0 Å². The van der Waals surface area contributed by atoms with E-state index in [0.29, 0.717) is 12.8 Å². The number of aromatic amines is 1. The smallest absolute Gasteiger partial charge is 0.250 e. The van der Waals surface area contributed by atoms with E-state index < -0.39 is 9.84 Å². The topological polar surface area (TPSA) is 109 Å². The van der Waals surface area contributed by atoms with Crippen LogP contribution in [0.25, 0.3) is 0 Å². The summed E-state index contributed by atoms with van der Waals surface area (Å²) in [5.41, 5.74) is 0.532. The van der Waals surface area contributed by atoms with Crippen LogP contribution >= 0.6 is 0 Å². The van der Waals surface area contributed by atoms with Crippen LogP contribution < -0.4 is 10.9 Å². The number of nitrogens with zero attached hydrogens (tertiary/aromatic N) is 1. The zero-order valence-electron chi connectivity index (χ0n) is 13.5. The molecule has 0 atom stereocenters. The van der Waals surface area contributed by atoms with E-state index in [1.54, 1.807) is 18.2 Å². The summed E-state index contributed by atoms with van der Waals surface area (Å²) in [5, 5.41) is 2.84. The van der Waals surface area contributed by atoms with Crippen LogP contribution in [0.2, 0.25) is 0 Å². The number of nitrogens with one attached hydrogen (secondary N) is 2. The van der Waals surface area contributed by atoms with Gasteiger partial charge < -0.3 is 10.3 Å².